The summed E-state index contributed by atoms with van der Waals surface area (Å²) < 4.78 is 0. The van der Waals surface area contributed by atoms with Crippen molar-refractivity contribution in [3.05, 3.63) is 65.2 Å². The summed E-state index contributed by atoms with van der Waals surface area (Å²) in [5.41, 5.74) is 2.40. The number of hydrogen-bond acceptors (Lipinski definition) is 6. The van der Waals surface area contributed by atoms with E-state index in [0.29, 0.717) is 10.8 Å². The maximum atomic E-state index is 12.1. The van der Waals surface area contributed by atoms with E-state index in [4.69, 9.17) is 0 Å². The van der Waals surface area contributed by atoms with E-state index in [9.17, 15) is 9.59 Å². The Morgan fingerprint density at radius 1 is 1.12 bits per heavy atom. The minimum absolute atomic E-state index is 0.0661. The van der Waals surface area contributed by atoms with Gasteiger partial charge in [-0.3, -0.25) is 14.9 Å². The highest BCUT2D eigenvalue weighted by atomic mass is 32.1. The highest BCUT2D eigenvalue weighted by Crippen LogP contribution is 2.17. The maximum Gasteiger partial charge on any atom is 0.295 e. The second-order valence-electron chi connectivity index (χ2n) is 5.26. The molecule has 0 saturated heterocycles. The summed E-state index contributed by atoms with van der Waals surface area (Å²) in [6.07, 6.45) is 3.11. The van der Waals surface area contributed by atoms with Gasteiger partial charge < -0.3 is 5.32 Å². The van der Waals surface area contributed by atoms with E-state index in [2.05, 4.69) is 25.6 Å². The number of aromatic nitrogens is 3. The number of carbonyl (C=O) groups excluding carboxylic acids is 2. The van der Waals surface area contributed by atoms with Crippen LogP contribution in [0.2, 0.25) is 0 Å². The zero-order valence-electron chi connectivity index (χ0n) is 13.4. The smallest absolute Gasteiger partial charge is 0.295 e. The number of carbonyl (C=O) groups is 2. The summed E-state index contributed by atoms with van der Waals surface area (Å²) in [5.74, 6) is -0.540. The van der Waals surface area contributed by atoms with Gasteiger partial charge in [-0.05, 0) is 30.7 Å². The van der Waals surface area contributed by atoms with Gasteiger partial charge in [0.2, 0.25) is 11.7 Å². The third-order valence-corrected chi connectivity index (χ3v) is 3.99. The highest BCUT2D eigenvalue weighted by Gasteiger charge is 2.13. The fourth-order valence-corrected chi connectivity index (χ4v) is 2.81. The Hall–Kier alpha value is -3.13. The Morgan fingerprint density at radius 3 is 2.68 bits per heavy atom. The van der Waals surface area contributed by atoms with Gasteiger partial charge in [0.1, 0.15) is 0 Å². The monoisotopic (exact) mass is 353 g/mol. The average Bonchev–Trinajstić information content (AvgIpc) is 3.02. The summed E-state index contributed by atoms with van der Waals surface area (Å²) in [4.78, 5) is 36.1. The molecule has 0 saturated carbocycles. The molecule has 7 nitrogen and oxygen atoms in total. The Kier molecular flexibility index (Phi) is 5.10. The number of anilines is 2. The van der Waals surface area contributed by atoms with Crippen LogP contribution in [-0.2, 0) is 11.2 Å². The molecule has 0 unspecified atom stereocenters. The van der Waals surface area contributed by atoms with Crippen LogP contribution in [0.3, 0.4) is 0 Å². The first kappa shape index (κ1) is 16.7. The number of aryl methyl sites for hydroxylation is 1. The second kappa shape index (κ2) is 7.63. The van der Waals surface area contributed by atoms with Crippen LogP contribution < -0.4 is 10.6 Å². The molecule has 2 aromatic heterocycles. The number of nitrogens with one attached hydrogen (secondary N) is 2. The molecule has 0 fully saturated rings. The van der Waals surface area contributed by atoms with Crippen molar-refractivity contribution in [2.45, 2.75) is 13.3 Å². The minimum atomic E-state index is -0.439. The Labute approximate surface area is 148 Å². The first-order valence-corrected chi connectivity index (χ1v) is 8.37. The van der Waals surface area contributed by atoms with Crippen LogP contribution in [0.25, 0.3) is 0 Å². The maximum absolute atomic E-state index is 12.1. The zero-order valence-corrected chi connectivity index (χ0v) is 14.2. The van der Waals surface area contributed by atoms with Gasteiger partial charge in [-0.1, -0.05) is 12.1 Å². The fraction of sp³-hybridized carbons (Fsp3) is 0.118. The van der Waals surface area contributed by atoms with E-state index in [1.54, 1.807) is 11.4 Å². The second-order valence-corrected chi connectivity index (χ2v) is 6.12. The van der Waals surface area contributed by atoms with Gasteiger partial charge in [0, 0.05) is 23.5 Å². The van der Waals surface area contributed by atoms with Crippen molar-refractivity contribution in [3.63, 3.8) is 0 Å². The molecule has 25 heavy (non-hydrogen) atoms. The lowest BCUT2D eigenvalue weighted by atomic mass is 10.2. The predicted molar refractivity (Wildman–Crippen MR) is 95.6 cm³/mol. The molecule has 0 aliphatic rings. The van der Waals surface area contributed by atoms with Crippen molar-refractivity contribution in [3.8, 4) is 0 Å². The molecule has 126 valence electrons. The average molecular weight is 353 g/mol. The standard InChI is InChI=1S/C17H15N5O2S/c1-11-4-2-5-12(8-11)20-14(23)9-13-10-25-17(21-13)22-16(24)15-18-6-3-7-19-15/h2-8,10H,9H2,1H3,(H,20,23)(H,21,22,24). The number of benzene rings is 1. The number of nitrogens with zero attached hydrogens (tertiary/aromatic N) is 3. The lowest BCUT2D eigenvalue weighted by Crippen LogP contribution is -2.16. The molecule has 2 heterocycles. The van der Waals surface area contributed by atoms with Crippen molar-refractivity contribution >= 4 is 34.0 Å². The van der Waals surface area contributed by atoms with Gasteiger partial charge in [0.15, 0.2) is 5.13 Å². The number of amides is 2. The summed E-state index contributed by atoms with van der Waals surface area (Å²) in [7, 11) is 0. The van der Waals surface area contributed by atoms with Crippen molar-refractivity contribution in [2.75, 3.05) is 10.6 Å². The summed E-state index contributed by atoms with van der Waals surface area (Å²) in [6.45, 7) is 1.96. The van der Waals surface area contributed by atoms with Crippen LogP contribution in [-0.4, -0.2) is 26.8 Å². The van der Waals surface area contributed by atoms with Crippen molar-refractivity contribution in [1.82, 2.24) is 15.0 Å². The number of hydrogen-bond donors (Lipinski definition) is 2. The summed E-state index contributed by atoms with van der Waals surface area (Å²) >= 11 is 1.24. The molecule has 2 amide bonds. The Bertz CT molecular complexity index is 895. The number of rotatable bonds is 5. The van der Waals surface area contributed by atoms with E-state index < -0.39 is 5.91 Å². The molecule has 8 heteroatoms. The third-order valence-electron chi connectivity index (χ3n) is 3.18. The molecule has 0 spiro atoms. The van der Waals surface area contributed by atoms with Gasteiger partial charge in [0.25, 0.3) is 5.91 Å². The first-order chi connectivity index (χ1) is 12.1. The number of thiazole rings is 1. The van der Waals surface area contributed by atoms with Gasteiger partial charge in [0.05, 0.1) is 12.1 Å². The molecular weight excluding hydrogens is 338 g/mol. The van der Waals surface area contributed by atoms with Crippen molar-refractivity contribution in [1.29, 1.82) is 0 Å². The SMILES string of the molecule is Cc1cccc(NC(=O)Cc2csc(NC(=O)c3ncccn3)n2)c1. The third kappa shape index (κ3) is 4.67. The summed E-state index contributed by atoms with van der Waals surface area (Å²) in [5, 5.41) is 7.58. The van der Waals surface area contributed by atoms with Crippen LogP contribution in [0.1, 0.15) is 21.9 Å². The van der Waals surface area contributed by atoms with Crippen molar-refractivity contribution < 1.29 is 9.59 Å². The van der Waals surface area contributed by atoms with Gasteiger partial charge in [-0.2, -0.15) is 0 Å². The lowest BCUT2D eigenvalue weighted by Gasteiger charge is -2.04. The van der Waals surface area contributed by atoms with E-state index in [1.165, 1.54) is 23.7 Å². The quantitative estimate of drug-likeness (QED) is 0.735. The van der Waals surface area contributed by atoms with Gasteiger partial charge in [-0.15, -0.1) is 11.3 Å². The molecule has 0 aliphatic carbocycles. The molecule has 0 aliphatic heterocycles. The molecule has 0 atom stereocenters. The molecule has 0 bridgehead atoms. The van der Waals surface area contributed by atoms with E-state index >= 15 is 0 Å². The molecular formula is C17H15N5O2S. The van der Waals surface area contributed by atoms with Crippen LogP contribution in [0.15, 0.2) is 48.1 Å². The van der Waals surface area contributed by atoms with Crippen LogP contribution in [0.5, 0.6) is 0 Å². The van der Waals surface area contributed by atoms with Crippen LogP contribution in [0.4, 0.5) is 10.8 Å². The first-order valence-electron chi connectivity index (χ1n) is 7.49. The zero-order chi connectivity index (χ0) is 17.6. The van der Waals surface area contributed by atoms with E-state index in [1.807, 2.05) is 31.2 Å². The molecule has 3 rings (SSSR count). The van der Waals surface area contributed by atoms with Crippen molar-refractivity contribution in [2.24, 2.45) is 0 Å². The molecule has 2 N–H and O–H groups in total. The van der Waals surface area contributed by atoms with Gasteiger partial charge >= 0.3 is 0 Å². The highest BCUT2D eigenvalue weighted by molar-refractivity contribution is 7.14. The Balaban J connectivity index is 1.58. The van der Waals surface area contributed by atoms with E-state index in [-0.39, 0.29) is 18.2 Å². The van der Waals surface area contributed by atoms with Crippen LogP contribution >= 0.6 is 11.3 Å². The topological polar surface area (TPSA) is 96.9 Å². The van der Waals surface area contributed by atoms with Crippen LogP contribution in [0, 0.1) is 6.92 Å². The molecule has 0 radical (unpaired) electrons. The molecule has 3 aromatic rings. The Morgan fingerprint density at radius 2 is 1.92 bits per heavy atom. The van der Waals surface area contributed by atoms with Gasteiger partial charge in [-0.25, -0.2) is 15.0 Å². The lowest BCUT2D eigenvalue weighted by molar-refractivity contribution is -0.115. The fourth-order valence-electron chi connectivity index (χ4n) is 2.11. The normalized spacial score (nSPS) is 10.3. The summed E-state index contributed by atoms with van der Waals surface area (Å²) in [6, 6.07) is 9.20. The predicted octanol–water partition coefficient (Wildman–Crippen LogP) is 2.68. The minimum Gasteiger partial charge on any atom is -0.326 e. The molecule has 1 aromatic carbocycles. The van der Waals surface area contributed by atoms with E-state index in [0.717, 1.165) is 11.3 Å². The largest absolute Gasteiger partial charge is 0.326 e.